The highest BCUT2D eigenvalue weighted by molar-refractivity contribution is 8.15. The van der Waals surface area contributed by atoms with Crippen molar-refractivity contribution in [2.24, 2.45) is 0 Å². The molecule has 0 atom stereocenters. The van der Waals surface area contributed by atoms with Gasteiger partial charge in [-0.15, -0.1) is 0 Å². The molecule has 0 aromatic rings. The van der Waals surface area contributed by atoms with E-state index < -0.39 is 17.6 Å². The van der Waals surface area contributed by atoms with Crippen molar-refractivity contribution in [3.63, 3.8) is 0 Å². The van der Waals surface area contributed by atoms with Gasteiger partial charge in [-0.05, 0) is 65.9 Å². The van der Waals surface area contributed by atoms with E-state index in [0.29, 0.717) is 39.6 Å². The molecular weight excluding hydrogens is 445 g/mol. The zero-order valence-corrected chi connectivity index (χ0v) is 23.1. The Kier molecular flexibility index (Phi) is 20.2. The van der Waals surface area contributed by atoms with Crippen LogP contribution in [0.15, 0.2) is 0 Å². The predicted molar refractivity (Wildman–Crippen MR) is 130 cm³/mol. The fourth-order valence-corrected chi connectivity index (χ4v) is 10.8. The minimum atomic E-state index is -2.48. The van der Waals surface area contributed by atoms with Gasteiger partial charge in [0, 0.05) is 56.8 Å². The molecule has 0 radical (unpaired) electrons. The Balaban J connectivity index is 4.05. The van der Waals surface area contributed by atoms with Gasteiger partial charge in [-0.2, -0.15) is 23.5 Å². The molecule has 0 rings (SSSR count). The van der Waals surface area contributed by atoms with Gasteiger partial charge >= 0.3 is 17.6 Å². The van der Waals surface area contributed by atoms with Crippen LogP contribution in [0.4, 0.5) is 0 Å². The maximum absolute atomic E-state index is 5.91. The van der Waals surface area contributed by atoms with Crippen LogP contribution in [0.25, 0.3) is 0 Å². The molecule has 0 aliphatic rings. The molecule has 0 saturated heterocycles. The Morgan fingerprint density at radius 2 is 0.759 bits per heavy atom. The van der Waals surface area contributed by atoms with Crippen LogP contribution in [0.5, 0.6) is 0 Å². The van der Waals surface area contributed by atoms with Gasteiger partial charge in [-0.25, -0.2) is 0 Å². The summed E-state index contributed by atoms with van der Waals surface area (Å²) in [6.07, 6.45) is 2.12. The third kappa shape index (κ3) is 13.8. The van der Waals surface area contributed by atoms with Crippen molar-refractivity contribution in [1.29, 1.82) is 0 Å². The first-order chi connectivity index (χ1) is 14.1. The summed E-state index contributed by atoms with van der Waals surface area (Å²) >= 11 is 3.95. The Hall–Kier alpha value is 0.894. The largest absolute Gasteiger partial charge is 0.500 e. The third-order valence-corrected chi connectivity index (χ3v) is 12.7. The lowest BCUT2D eigenvalue weighted by Gasteiger charge is -2.28. The molecule has 0 aromatic carbocycles. The van der Waals surface area contributed by atoms with E-state index >= 15 is 0 Å². The molecule has 0 fully saturated rings. The van der Waals surface area contributed by atoms with Crippen LogP contribution < -0.4 is 0 Å². The lowest BCUT2D eigenvalue weighted by atomic mass is 10.6. The predicted octanol–water partition coefficient (Wildman–Crippen LogP) is 5.29. The van der Waals surface area contributed by atoms with Gasteiger partial charge in [0.05, 0.1) is 0 Å². The van der Waals surface area contributed by atoms with Crippen LogP contribution in [0.2, 0.25) is 12.1 Å². The Labute approximate surface area is 190 Å². The number of thioether (sulfide) groups is 2. The minimum Gasteiger partial charge on any atom is -0.374 e. The summed E-state index contributed by atoms with van der Waals surface area (Å²) in [6.45, 7) is 15.9. The number of rotatable bonds is 22. The first-order valence-electron chi connectivity index (χ1n) is 11.1. The lowest BCUT2D eigenvalue weighted by molar-refractivity contribution is 0.0704. The van der Waals surface area contributed by atoms with E-state index in [9.17, 15) is 0 Å². The monoisotopic (exact) mass is 488 g/mol. The van der Waals surface area contributed by atoms with Crippen LogP contribution >= 0.6 is 23.5 Å². The average Bonchev–Trinajstić information content (AvgIpc) is 2.68. The molecule has 176 valence electrons. The Bertz CT molecular complexity index is 304. The second-order valence-corrected chi connectivity index (χ2v) is 14.1. The van der Waals surface area contributed by atoms with Crippen molar-refractivity contribution >= 4 is 41.1 Å². The number of hydrogen-bond donors (Lipinski definition) is 0. The molecule has 0 heterocycles. The van der Waals surface area contributed by atoms with Gasteiger partial charge in [0.2, 0.25) is 0 Å². The van der Waals surface area contributed by atoms with Crippen molar-refractivity contribution in [2.45, 2.75) is 66.5 Å². The van der Waals surface area contributed by atoms with Gasteiger partial charge in [0.25, 0.3) is 0 Å². The first kappa shape index (κ1) is 29.9. The van der Waals surface area contributed by atoms with Crippen molar-refractivity contribution in [1.82, 2.24) is 0 Å². The topological polar surface area (TPSA) is 55.4 Å². The van der Waals surface area contributed by atoms with Gasteiger partial charge in [-0.3, -0.25) is 0 Å². The smallest absolute Gasteiger partial charge is 0.374 e. The summed E-state index contributed by atoms with van der Waals surface area (Å²) in [5.74, 6) is 2.20. The molecule has 10 heteroatoms. The van der Waals surface area contributed by atoms with Gasteiger partial charge in [0.1, 0.15) is 0 Å². The highest BCUT2D eigenvalue weighted by atomic mass is 32.2. The second-order valence-electron chi connectivity index (χ2n) is 6.11. The average molecular weight is 489 g/mol. The molecule has 0 unspecified atom stereocenters. The molecule has 0 aromatic heterocycles. The van der Waals surface area contributed by atoms with E-state index in [1.807, 2.05) is 65.1 Å². The normalized spacial score (nSPS) is 12.6. The third-order valence-electron chi connectivity index (χ3n) is 3.90. The molecule has 29 heavy (non-hydrogen) atoms. The number of hydrogen-bond acceptors (Lipinski definition) is 8. The zero-order valence-electron chi connectivity index (χ0n) is 19.5. The molecule has 0 N–H and O–H groups in total. The SMILES string of the molecule is CCO[Si](CCCSCSCCC[Si](OCC)(OCC)OCC)(OCC)OCC. The molecule has 0 aliphatic heterocycles. The highest BCUT2D eigenvalue weighted by Crippen LogP contribution is 2.23. The van der Waals surface area contributed by atoms with E-state index in [0.717, 1.165) is 41.5 Å². The maximum Gasteiger partial charge on any atom is 0.500 e. The summed E-state index contributed by atoms with van der Waals surface area (Å²) in [6, 6.07) is 1.79. The van der Waals surface area contributed by atoms with Crippen LogP contribution in [-0.2, 0) is 26.6 Å². The molecule has 6 nitrogen and oxygen atoms in total. The van der Waals surface area contributed by atoms with Gasteiger partial charge in [0.15, 0.2) is 0 Å². The molecule has 0 aliphatic carbocycles. The minimum absolute atomic E-state index is 0.644. The summed E-state index contributed by atoms with van der Waals surface area (Å²) in [5, 5.41) is 1.10. The molecule has 0 amide bonds. The van der Waals surface area contributed by atoms with Crippen LogP contribution in [0, 0.1) is 0 Å². The second kappa shape index (κ2) is 19.6. The van der Waals surface area contributed by atoms with Crippen molar-refractivity contribution in [3.8, 4) is 0 Å². The van der Waals surface area contributed by atoms with Crippen molar-refractivity contribution in [3.05, 3.63) is 0 Å². The maximum atomic E-state index is 5.91. The molecule has 0 saturated carbocycles. The summed E-state index contributed by atoms with van der Waals surface area (Å²) in [4.78, 5) is 0. The Morgan fingerprint density at radius 1 is 0.483 bits per heavy atom. The van der Waals surface area contributed by atoms with E-state index in [4.69, 9.17) is 26.6 Å². The van der Waals surface area contributed by atoms with Gasteiger partial charge < -0.3 is 26.6 Å². The van der Waals surface area contributed by atoms with Crippen LogP contribution in [0.3, 0.4) is 0 Å². The fraction of sp³-hybridized carbons (Fsp3) is 1.00. The highest BCUT2D eigenvalue weighted by Gasteiger charge is 2.40. The lowest BCUT2D eigenvalue weighted by Crippen LogP contribution is -2.46. The summed E-state index contributed by atoms with van der Waals surface area (Å²) in [7, 11) is -4.96. The molecule has 0 bridgehead atoms. The van der Waals surface area contributed by atoms with E-state index in [1.54, 1.807) is 0 Å². The molecule has 0 spiro atoms. The van der Waals surface area contributed by atoms with E-state index in [-0.39, 0.29) is 0 Å². The standard InChI is InChI=1S/C19H44O6S2Si2/c1-7-20-28(21-8-2,22-9-3)17-13-15-26-19-27-16-14-18-29(23-10-4,24-11-5)25-12-6/h7-19H2,1-6H3. The van der Waals surface area contributed by atoms with Crippen molar-refractivity contribution < 1.29 is 26.6 Å². The molecular formula is C19H44O6S2Si2. The van der Waals surface area contributed by atoms with Crippen LogP contribution in [0.1, 0.15) is 54.4 Å². The summed E-state index contributed by atoms with van der Waals surface area (Å²) < 4.78 is 35.5. The van der Waals surface area contributed by atoms with E-state index in [2.05, 4.69) is 0 Å². The fourth-order valence-electron chi connectivity index (χ4n) is 2.96. The Morgan fingerprint density at radius 3 is 1.00 bits per heavy atom. The quantitative estimate of drug-likeness (QED) is 0.116. The summed E-state index contributed by atoms with van der Waals surface area (Å²) in [5.41, 5.74) is 0. The van der Waals surface area contributed by atoms with E-state index in [1.165, 1.54) is 0 Å². The van der Waals surface area contributed by atoms with Crippen LogP contribution in [-0.4, -0.2) is 73.8 Å². The zero-order chi connectivity index (χ0) is 21.8. The van der Waals surface area contributed by atoms with Crippen molar-refractivity contribution in [2.75, 3.05) is 56.2 Å². The van der Waals surface area contributed by atoms with Gasteiger partial charge in [-0.1, -0.05) is 0 Å². The first-order valence-corrected chi connectivity index (χ1v) is 17.2.